The molecule has 20 heavy (non-hydrogen) atoms. The molecule has 0 bridgehead atoms. The Morgan fingerprint density at radius 2 is 2.15 bits per heavy atom. The average Bonchev–Trinajstić information content (AvgIpc) is 2.84. The molecule has 0 amide bonds. The summed E-state index contributed by atoms with van der Waals surface area (Å²) >= 11 is 0. The molecule has 0 radical (unpaired) electrons. The van der Waals surface area contributed by atoms with E-state index >= 15 is 0 Å². The first kappa shape index (κ1) is 19.9. The highest BCUT2D eigenvalue weighted by Crippen LogP contribution is 2.23. The lowest BCUT2D eigenvalue weighted by Gasteiger charge is -2.24. The van der Waals surface area contributed by atoms with Crippen LogP contribution in [0.4, 0.5) is 0 Å². The van der Waals surface area contributed by atoms with Gasteiger partial charge in [0.2, 0.25) is 0 Å². The zero-order chi connectivity index (χ0) is 14.0. The van der Waals surface area contributed by atoms with Gasteiger partial charge in [0, 0.05) is 33.4 Å². The highest BCUT2D eigenvalue weighted by atomic mass is 127. The standard InChI is InChI=1S/C14H29N3O2.HI/c1-4-5-9-18-11-8-16-13(15-3)17-12-14(2)7-6-10-19-14;/h4-12H2,1-3H3,(H2,15,16,17);1H. The first-order valence-electron chi connectivity index (χ1n) is 7.36. The molecule has 0 spiro atoms. The van der Waals surface area contributed by atoms with E-state index in [0.717, 1.165) is 51.5 Å². The number of hydrogen-bond donors (Lipinski definition) is 2. The van der Waals surface area contributed by atoms with Crippen LogP contribution in [0.5, 0.6) is 0 Å². The zero-order valence-corrected chi connectivity index (χ0v) is 15.4. The second-order valence-electron chi connectivity index (χ2n) is 5.22. The second kappa shape index (κ2) is 11.6. The van der Waals surface area contributed by atoms with E-state index in [9.17, 15) is 0 Å². The highest BCUT2D eigenvalue weighted by Gasteiger charge is 2.29. The second-order valence-corrected chi connectivity index (χ2v) is 5.22. The van der Waals surface area contributed by atoms with Gasteiger partial charge in [-0.25, -0.2) is 0 Å². The molecule has 1 aliphatic heterocycles. The van der Waals surface area contributed by atoms with Crippen molar-refractivity contribution in [3.05, 3.63) is 0 Å². The molecule has 1 fully saturated rings. The molecule has 1 heterocycles. The topological polar surface area (TPSA) is 54.9 Å². The molecule has 0 aromatic heterocycles. The van der Waals surface area contributed by atoms with Gasteiger partial charge >= 0.3 is 0 Å². The fourth-order valence-corrected chi connectivity index (χ4v) is 2.06. The fraction of sp³-hybridized carbons (Fsp3) is 0.929. The maximum absolute atomic E-state index is 5.74. The van der Waals surface area contributed by atoms with Crippen LogP contribution < -0.4 is 10.6 Å². The molecule has 1 saturated heterocycles. The van der Waals surface area contributed by atoms with Gasteiger partial charge in [0.1, 0.15) is 0 Å². The lowest BCUT2D eigenvalue weighted by atomic mass is 10.0. The van der Waals surface area contributed by atoms with E-state index in [0.29, 0.717) is 6.61 Å². The molecule has 0 saturated carbocycles. The molecule has 0 aromatic rings. The molecule has 1 unspecified atom stereocenters. The number of guanidine groups is 1. The van der Waals surface area contributed by atoms with E-state index in [1.165, 1.54) is 6.42 Å². The van der Waals surface area contributed by atoms with Crippen LogP contribution in [0.1, 0.15) is 39.5 Å². The number of nitrogens with zero attached hydrogens (tertiary/aromatic N) is 1. The van der Waals surface area contributed by atoms with E-state index in [-0.39, 0.29) is 29.6 Å². The molecular formula is C14H30IN3O2. The van der Waals surface area contributed by atoms with Gasteiger partial charge in [-0.15, -0.1) is 24.0 Å². The summed E-state index contributed by atoms with van der Waals surface area (Å²) in [6.07, 6.45) is 4.56. The summed E-state index contributed by atoms with van der Waals surface area (Å²) in [7, 11) is 1.78. The van der Waals surface area contributed by atoms with Gasteiger partial charge in [0.15, 0.2) is 5.96 Å². The summed E-state index contributed by atoms with van der Waals surface area (Å²) in [4.78, 5) is 4.20. The number of aliphatic imine (C=N–C) groups is 1. The molecule has 1 aliphatic rings. The molecule has 6 heteroatoms. The Balaban J connectivity index is 0.00000361. The van der Waals surface area contributed by atoms with Crippen molar-refractivity contribution < 1.29 is 9.47 Å². The van der Waals surface area contributed by atoms with Crippen LogP contribution in [0.3, 0.4) is 0 Å². The van der Waals surface area contributed by atoms with Crippen molar-refractivity contribution in [1.29, 1.82) is 0 Å². The quantitative estimate of drug-likeness (QED) is 0.284. The minimum absolute atomic E-state index is 0. The Morgan fingerprint density at radius 3 is 2.75 bits per heavy atom. The molecule has 1 rings (SSSR count). The summed E-state index contributed by atoms with van der Waals surface area (Å²) in [5, 5.41) is 6.56. The van der Waals surface area contributed by atoms with Gasteiger partial charge < -0.3 is 20.1 Å². The molecule has 0 aromatic carbocycles. The van der Waals surface area contributed by atoms with E-state index < -0.39 is 0 Å². The van der Waals surface area contributed by atoms with Crippen molar-refractivity contribution in [2.45, 2.75) is 45.1 Å². The molecule has 5 nitrogen and oxygen atoms in total. The molecule has 0 aliphatic carbocycles. The Kier molecular flexibility index (Phi) is 11.5. The first-order chi connectivity index (χ1) is 9.20. The van der Waals surface area contributed by atoms with Gasteiger partial charge in [-0.3, -0.25) is 4.99 Å². The lowest BCUT2D eigenvalue weighted by Crippen LogP contribution is -2.46. The van der Waals surface area contributed by atoms with Crippen LogP contribution in [0.25, 0.3) is 0 Å². The monoisotopic (exact) mass is 399 g/mol. The zero-order valence-electron chi connectivity index (χ0n) is 13.0. The highest BCUT2D eigenvalue weighted by molar-refractivity contribution is 14.0. The predicted molar refractivity (Wildman–Crippen MR) is 94.1 cm³/mol. The van der Waals surface area contributed by atoms with Crippen molar-refractivity contribution in [1.82, 2.24) is 10.6 Å². The summed E-state index contributed by atoms with van der Waals surface area (Å²) in [5.41, 5.74) is -0.0464. The number of unbranched alkanes of at least 4 members (excludes halogenated alkanes) is 1. The summed E-state index contributed by atoms with van der Waals surface area (Å²) in [5.74, 6) is 0.816. The third-order valence-electron chi connectivity index (χ3n) is 3.33. The van der Waals surface area contributed by atoms with E-state index in [1.807, 2.05) is 0 Å². The van der Waals surface area contributed by atoms with Crippen LogP contribution in [-0.2, 0) is 9.47 Å². The lowest BCUT2D eigenvalue weighted by molar-refractivity contribution is 0.0242. The number of hydrogen-bond acceptors (Lipinski definition) is 3. The van der Waals surface area contributed by atoms with Crippen LogP contribution in [-0.4, -0.2) is 51.5 Å². The van der Waals surface area contributed by atoms with Crippen LogP contribution >= 0.6 is 24.0 Å². The van der Waals surface area contributed by atoms with Crippen LogP contribution in [0.15, 0.2) is 4.99 Å². The minimum Gasteiger partial charge on any atom is -0.380 e. The maximum atomic E-state index is 5.74. The number of halogens is 1. The third kappa shape index (κ3) is 8.26. The molecule has 1 atom stereocenters. The smallest absolute Gasteiger partial charge is 0.191 e. The minimum atomic E-state index is -0.0464. The van der Waals surface area contributed by atoms with Gasteiger partial charge in [-0.2, -0.15) is 0 Å². The summed E-state index contributed by atoms with van der Waals surface area (Å²) < 4.78 is 11.2. The van der Waals surface area contributed by atoms with Crippen molar-refractivity contribution >= 4 is 29.9 Å². The van der Waals surface area contributed by atoms with Crippen molar-refractivity contribution in [2.24, 2.45) is 4.99 Å². The van der Waals surface area contributed by atoms with E-state index in [1.54, 1.807) is 7.05 Å². The normalized spacial score (nSPS) is 22.4. The SMILES string of the molecule is CCCCOCCNC(=NC)NCC1(C)CCCO1.I. The van der Waals surface area contributed by atoms with E-state index in [4.69, 9.17) is 9.47 Å². The predicted octanol–water partition coefficient (Wildman–Crippen LogP) is 2.16. The molecule has 120 valence electrons. The maximum Gasteiger partial charge on any atom is 0.191 e. The Hall–Kier alpha value is -0.0800. The Labute approximate surface area is 140 Å². The summed E-state index contributed by atoms with van der Waals surface area (Å²) in [6.45, 7) is 8.32. The van der Waals surface area contributed by atoms with Gasteiger partial charge in [0.05, 0.1) is 12.2 Å². The largest absolute Gasteiger partial charge is 0.380 e. The van der Waals surface area contributed by atoms with Crippen molar-refractivity contribution in [3.8, 4) is 0 Å². The van der Waals surface area contributed by atoms with E-state index in [2.05, 4.69) is 29.5 Å². The Bertz CT molecular complexity index is 269. The third-order valence-corrected chi connectivity index (χ3v) is 3.33. The molecular weight excluding hydrogens is 369 g/mol. The number of rotatable bonds is 8. The van der Waals surface area contributed by atoms with Gasteiger partial charge in [-0.05, 0) is 26.2 Å². The molecule has 2 N–H and O–H groups in total. The Morgan fingerprint density at radius 1 is 1.35 bits per heavy atom. The van der Waals surface area contributed by atoms with Crippen LogP contribution in [0.2, 0.25) is 0 Å². The average molecular weight is 399 g/mol. The number of nitrogens with one attached hydrogen (secondary N) is 2. The summed E-state index contributed by atoms with van der Waals surface area (Å²) in [6, 6.07) is 0. The number of ether oxygens (including phenoxy) is 2. The van der Waals surface area contributed by atoms with Gasteiger partial charge in [-0.1, -0.05) is 13.3 Å². The van der Waals surface area contributed by atoms with Crippen molar-refractivity contribution in [2.75, 3.05) is 40.0 Å². The van der Waals surface area contributed by atoms with Gasteiger partial charge in [0.25, 0.3) is 0 Å². The van der Waals surface area contributed by atoms with Crippen LogP contribution in [0, 0.1) is 0 Å². The first-order valence-corrected chi connectivity index (χ1v) is 7.36. The van der Waals surface area contributed by atoms with Crippen molar-refractivity contribution in [3.63, 3.8) is 0 Å². The fourth-order valence-electron chi connectivity index (χ4n) is 2.06.